The first-order chi connectivity index (χ1) is 14.7. The van der Waals surface area contributed by atoms with Crippen LogP contribution in [0.15, 0.2) is 58.0 Å². The Morgan fingerprint density at radius 3 is 2.45 bits per heavy atom. The number of benzene rings is 2. The zero-order chi connectivity index (χ0) is 22.6. The molecule has 0 saturated carbocycles. The second kappa shape index (κ2) is 9.51. The van der Waals surface area contributed by atoms with Crippen molar-refractivity contribution in [2.24, 2.45) is 0 Å². The van der Waals surface area contributed by atoms with E-state index in [1.54, 1.807) is 24.1 Å². The molecule has 0 aliphatic carbocycles. The summed E-state index contributed by atoms with van der Waals surface area (Å²) in [6, 6.07) is 10.4. The van der Waals surface area contributed by atoms with Crippen molar-refractivity contribution in [2.75, 3.05) is 0 Å². The van der Waals surface area contributed by atoms with Crippen molar-refractivity contribution >= 4 is 17.7 Å². The molecule has 0 atom stereocenters. The van der Waals surface area contributed by atoms with E-state index in [0.29, 0.717) is 22.8 Å². The summed E-state index contributed by atoms with van der Waals surface area (Å²) >= 11 is 1.61. The highest BCUT2D eigenvalue weighted by atomic mass is 32.2. The molecular weight excluding hydrogens is 429 g/mol. The van der Waals surface area contributed by atoms with Gasteiger partial charge in [-0.25, -0.2) is 4.79 Å². The molecule has 0 saturated heterocycles. The van der Waals surface area contributed by atoms with Crippen molar-refractivity contribution in [2.45, 2.75) is 44.0 Å². The van der Waals surface area contributed by atoms with Gasteiger partial charge in [0, 0.05) is 34.3 Å². The summed E-state index contributed by atoms with van der Waals surface area (Å²) in [5, 5.41) is 0. The normalized spacial score (nSPS) is 11.4. The number of alkyl halides is 3. The van der Waals surface area contributed by atoms with Crippen molar-refractivity contribution in [1.82, 2.24) is 0 Å². The van der Waals surface area contributed by atoms with Gasteiger partial charge in [-0.15, -0.1) is 11.8 Å². The first kappa shape index (κ1) is 22.8. The van der Waals surface area contributed by atoms with E-state index in [-0.39, 0.29) is 0 Å². The van der Waals surface area contributed by atoms with E-state index in [2.05, 4.69) is 4.89 Å². The second-order valence-corrected chi connectivity index (χ2v) is 7.88. The Hall–Kier alpha value is -2.87. The summed E-state index contributed by atoms with van der Waals surface area (Å²) in [4.78, 5) is 21.8. The van der Waals surface area contributed by atoms with Crippen molar-refractivity contribution in [3.63, 3.8) is 0 Å². The summed E-state index contributed by atoms with van der Waals surface area (Å²) in [6.45, 7) is 5.20. The largest absolute Gasteiger partial charge is 0.464 e. The summed E-state index contributed by atoms with van der Waals surface area (Å²) in [6.07, 6.45) is -1.98. The maximum Gasteiger partial charge on any atom is 0.416 e. The van der Waals surface area contributed by atoms with Gasteiger partial charge in [-0.2, -0.15) is 13.2 Å². The average molecular weight is 450 g/mol. The zero-order valence-corrected chi connectivity index (χ0v) is 18.0. The highest BCUT2D eigenvalue weighted by molar-refractivity contribution is 7.98. The number of carbonyl (C=O) groups is 1. The lowest BCUT2D eigenvalue weighted by molar-refractivity contribution is -0.211. The molecule has 1 aromatic heterocycles. The molecule has 0 amide bonds. The number of halogens is 3. The minimum atomic E-state index is -4.36. The molecule has 0 aliphatic heterocycles. The van der Waals surface area contributed by atoms with Crippen LogP contribution in [0.2, 0.25) is 0 Å². The van der Waals surface area contributed by atoms with E-state index in [1.165, 1.54) is 19.1 Å². The maximum absolute atomic E-state index is 12.7. The molecule has 0 unspecified atom stereocenters. The van der Waals surface area contributed by atoms with Gasteiger partial charge in [-0.05, 0) is 49.2 Å². The van der Waals surface area contributed by atoms with E-state index in [1.807, 2.05) is 26.0 Å². The Bertz CT molecular complexity index is 1060. The van der Waals surface area contributed by atoms with Gasteiger partial charge < -0.3 is 4.42 Å². The zero-order valence-electron chi connectivity index (χ0n) is 17.2. The summed E-state index contributed by atoms with van der Waals surface area (Å²) in [5.41, 5.74) is 2.79. The number of rotatable bonds is 7. The van der Waals surface area contributed by atoms with Gasteiger partial charge in [0.1, 0.15) is 5.76 Å². The van der Waals surface area contributed by atoms with Crippen molar-refractivity contribution in [3.8, 4) is 17.1 Å². The summed E-state index contributed by atoms with van der Waals surface area (Å²) in [7, 11) is 0. The van der Waals surface area contributed by atoms with Gasteiger partial charge in [0.2, 0.25) is 0 Å². The van der Waals surface area contributed by atoms with Crippen LogP contribution in [0.25, 0.3) is 11.3 Å². The number of hydrogen-bond donors (Lipinski definition) is 0. The fourth-order valence-electron chi connectivity index (χ4n) is 3.07. The summed E-state index contributed by atoms with van der Waals surface area (Å²) in [5.74, 6) is 1.10. The minimum Gasteiger partial charge on any atom is -0.464 e. The Labute approximate surface area is 182 Å². The molecule has 0 spiro atoms. The Morgan fingerprint density at radius 1 is 1.13 bits per heavy atom. The molecule has 0 radical (unpaired) electrons. The number of furan rings is 1. The number of hydrogen-bond acceptors (Lipinski definition) is 5. The third-order valence-electron chi connectivity index (χ3n) is 4.65. The Kier molecular flexibility index (Phi) is 7.00. The van der Waals surface area contributed by atoms with Gasteiger partial charge in [-0.1, -0.05) is 19.1 Å². The van der Waals surface area contributed by atoms with Crippen LogP contribution in [-0.2, 0) is 28.0 Å². The van der Waals surface area contributed by atoms with Crippen LogP contribution in [0.4, 0.5) is 13.2 Å². The van der Waals surface area contributed by atoms with Crippen molar-refractivity contribution in [3.05, 3.63) is 71.0 Å². The predicted octanol–water partition coefficient (Wildman–Crippen LogP) is 6.99. The molecule has 3 aromatic rings. The number of thioether (sulfide) groups is 1. The van der Waals surface area contributed by atoms with Crippen LogP contribution in [0.1, 0.15) is 36.1 Å². The summed E-state index contributed by atoms with van der Waals surface area (Å²) < 4.78 is 43.7. The lowest BCUT2D eigenvalue weighted by atomic mass is 10.1. The highest BCUT2D eigenvalue weighted by Crippen LogP contribution is 2.35. The SMILES string of the molecule is CCc1c(SCc2coc(-c3ccc(C(F)(F)F)cc3)c2)ccc(OOC(C)=O)c1C. The van der Waals surface area contributed by atoms with Crippen molar-refractivity contribution < 1.29 is 32.2 Å². The van der Waals surface area contributed by atoms with E-state index in [4.69, 9.17) is 9.30 Å². The van der Waals surface area contributed by atoms with Gasteiger partial charge in [0.15, 0.2) is 5.75 Å². The molecule has 0 N–H and O–H groups in total. The first-order valence-corrected chi connectivity index (χ1v) is 10.5. The molecule has 1 heterocycles. The van der Waals surface area contributed by atoms with Crippen LogP contribution < -0.4 is 4.89 Å². The molecule has 0 fully saturated rings. The fourth-order valence-corrected chi connectivity index (χ4v) is 4.18. The monoisotopic (exact) mass is 450 g/mol. The minimum absolute atomic E-state index is 0.490. The molecule has 164 valence electrons. The molecule has 0 aliphatic rings. The quantitative estimate of drug-likeness (QED) is 0.221. The van der Waals surface area contributed by atoms with Crippen LogP contribution in [0.5, 0.6) is 5.75 Å². The third kappa shape index (κ3) is 5.64. The van der Waals surface area contributed by atoms with Gasteiger partial charge >= 0.3 is 12.1 Å². The van der Waals surface area contributed by atoms with Gasteiger partial charge in [0.25, 0.3) is 0 Å². The lowest BCUT2D eigenvalue weighted by Gasteiger charge is -2.13. The topological polar surface area (TPSA) is 48.7 Å². The molecule has 31 heavy (non-hydrogen) atoms. The fraction of sp³-hybridized carbons (Fsp3) is 0.261. The molecule has 2 aromatic carbocycles. The average Bonchev–Trinajstić information content (AvgIpc) is 3.20. The molecule has 3 rings (SSSR count). The van der Waals surface area contributed by atoms with Crippen LogP contribution >= 0.6 is 11.8 Å². The van der Waals surface area contributed by atoms with E-state index >= 15 is 0 Å². The Balaban J connectivity index is 1.70. The molecule has 0 bridgehead atoms. The third-order valence-corrected chi connectivity index (χ3v) is 5.82. The standard InChI is InChI=1S/C23H21F3O4S/c1-4-19-14(2)20(30-29-15(3)27)9-10-22(19)31-13-16-11-21(28-12-16)17-5-7-18(8-6-17)23(24,25)26/h5-12H,4,13H2,1-3H3. The van der Waals surface area contributed by atoms with E-state index in [9.17, 15) is 18.0 Å². The van der Waals surface area contributed by atoms with Gasteiger partial charge in [0.05, 0.1) is 11.8 Å². The van der Waals surface area contributed by atoms with Crippen LogP contribution in [0.3, 0.4) is 0 Å². The van der Waals surface area contributed by atoms with Crippen molar-refractivity contribution in [1.29, 1.82) is 0 Å². The van der Waals surface area contributed by atoms with Crippen LogP contribution in [-0.4, -0.2) is 5.97 Å². The van der Waals surface area contributed by atoms with Crippen LogP contribution in [0, 0.1) is 6.92 Å². The van der Waals surface area contributed by atoms with E-state index in [0.717, 1.165) is 40.1 Å². The predicted molar refractivity (Wildman–Crippen MR) is 112 cm³/mol. The number of carbonyl (C=O) groups excluding carboxylic acids is 1. The maximum atomic E-state index is 12.7. The molecular formula is C23H21F3O4S. The molecule has 8 heteroatoms. The van der Waals surface area contributed by atoms with E-state index < -0.39 is 17.7 Å². The highest BCUT2D eigenvalue weighted by Gasteiger charge is 2.30. The second-order valence-electron chi connectivity index (χ2n) is 6.86. The van der Waals surface area contributed by atoms with Gasteiger partial charge in [-0.3, -0.25) is 9.78 Å². The lowest BCUT2D eigenvalue weighted by Crippen LogP contribution is -2.05. The molecule has 4 nitrogen and oxygen atoms in total. The Morgan fingerprint density at radius 2 is 1.84 bits per heavy atom. The first-order valence-electron chi connectivity index (χ1n) is 9.54. The smallest absolute Gasteiger partial charge is 0.416 e.